The molecule has 0 amide bonds. The molecule has 3 rings (SSSR count). The number of aryl methyl sites for hydroxylation is 1. The van der Waals surface area contributed by atoms with Crippen molar-refractivity contribution in [2.24, 2.45) is 5.73 Å². The maximum Gasteiger partial charge on any atom is 0.341 e. The van der Waals surface area contributed by atoms with E-state index in [4.69, 9.17) is 10.5 Å². The van der Waals surface area contributed by atoms with Crippen molar-refractivity contribution < 1.29 is 9.53 Å². The quantitative estimate of drug-likeness (QED) is 0.816. The Morgan fingerprint density at radius 3 is 2.75 bits per heavy atom. The van der Waals surface area contributed by atoms with Gasteiger partial charge >= 0.3 is 5.97 Å². The SMILES string of the molecule is CCOC(=O)c1cnc2c(cnn2CC)c1NC1CCC(N)CC1. The number of hydrogen-bond donors (Lipinski definition) is 2. The molecule has 2 aromatic rings. The number of hydrogen-bond acceptors (Lipinski definition) is 6. The molecule has 0 aliphatic heterocycles. The largest absolute Gasteiger partial charge is 0.462 e. The molecule has 24 heavy (non-hydrogen) atoms. The van der Waals surface area contributed by atoms with E-state index in [-0.39, 0.29) is 12.0 Å². The summed E-state index contributed by atoms with van der Waals surface area (Å²) in [5.41, 5.74) is 8.02. The Morgan fingerprint density at radius 2 is 2.08 bits per heavy atom. The van der Waals surface area contributed by atoms with Crippen LogP contribution in [0, 0.1) is 0 Å². The number of carbonyl (C=O) groups is 1. The van der Waals surface area contributed by atoms with Crippen LogP contribution in [0.4, 0.5) is 5.69 Å². The van der Waals surface area contributed by atoms with E-state index in [1.165, 1.54) is 0 Å². The van der Waals surface area contributed by atoms with Gasteiger partial charge in [0.15, 0.2) is 5.65 Å². The molecule has 0 aromatic carbocycles. The number of fused-ring (bicyclic) bond motifs is 1. The summed E-state index contributed by atoms with van der Waals surface area (Å²) in [4.78, 5) is 16.8. The van der Waals surface area contributed by atoms with Crippen LogP contribution in [-0.4, -0.2) is 39.4 Å². The molecule has 3 N–H and O–H groups in total. The molecule has 0 spiro atoms. The highest BCUT2D eigenvalue weighted by molar-refractivity contribution is 6.04. The second kappa shape index (κ2) is 7.17. The molecule has 2 aromatic heterocycles. The van der Waals surface area contributed by atoms with Crippen LogP contribution in [0.2, 0.25) is 0 Å². The topological polar surface area (TPSA) is 95.1 Å². The average Bonchev–Trinajstić information content (AvgIpc) is 3.01. The van der Waals surface area contributed by atoms with Gasteiger partial charge in [-0.1, -0.05) is 0 Å². The molecular formula is C17H25N5O2. The first-order chi connectivity index (χ1) is 11.6. The Hall–Kier alpha value is -2.15. The molecule has 1 fully saturated rings. The van der Waals surface area contributed by atoms with Gasteiger partial charge in [0.2, 0.25) is 0 Å². The zero-order valence-electron chi connectivity index (χ0n) is 14.3. The number of aromatic nitrogens is 3. The number of nitrogens with zero attached hydrogens (tertiary/aromatic N) is 3. The summed E-state index contributed by atoms with van der Waals surface area (Å²) in [6.07, 6.45) is 7.34. The number of nitrogens with one attached hydrogen (secondary N) is 1. The van der Waals surface area contributed by atoms with Crippen molar-refractivity contribution in [1.82, 2.24) is 14.8 Å². The molecule has 0 radical (unpaired) electrons. The van der Waals surface area contributed by atoms with Gasteiger partial charge in [-0.15, -0.1) is 0 Å². The minimum atomic E-state index is -0.355. The van der Waals surface area contributed by atoms with Crippen LogP contribution in [0.3, 0.4) is 0 Å². The third-order valence-electron chi connectivity index (χ3n) is 4.58. The summed E-state index contributed by atoms with van der Waals surface area (Å²) < 4.78 is 7.02. The third-order valence-corrected chi connectivity index (χ3v) is 4.58. The van der Waals surface area contributed by atoms with Gasteiger partial charge in [0.25, 0.3) is 0 Å². The summed E-state index contributed by atoms with van der Waals surface area (Å²) in [5, 5.41) is 8.77. The van der Waals surface area contributed by atoms with Crippen LogP contribution in [0.25, 0.3) is 11.0 Å². The molecule has 1 aliphatic rings. The van der Waals surface area contributed by atoms with Gasteiger partial charge in [-0.05, 0) is 39.5 Å². The Labute approximate surface area is 141 Å². The molecular weight excluding hydrogens is 306 g/mol. The summed E-state index contributed by atoms with van der Waals surface area (Å²) >= 11 is 0. The fraction of sp³-hybridized carbons (Fsp3) is 0.588. The second-order valence-electron chi connectivity index (χ2n) is 6.22. The van der Waals surface area contributed by atoms with Crippen molar-refractivity contribution in [1.29, 1.82) is 0 Å². The molecule has 0 bridgehead atoms. The molecule has 1 aliphatic carbocycles. The highest BCUT2D eigenvalue weighted by Crippen LogP contribution is 2.30. The Kier molecular flexibility index (Phi) is 4.99. The monoisotopic (exact) mass is 331 g/mol. The summed E-state index contributed by atoms with van der Waals surface area (Å²) in [7, 11) is 0. The molecule has 130 valence electrons. The number of pyridine rings is 1. The molecule has 0 unspecified atom stereocenters. The lowest BCUT2D eigenvalue weighted by molar-refractivity contribution is 0.0527. The molecule has 2 heterocycles. The fourth-order valence-corrected chi connectivity index (χ4v) is 3.24. The predicted octanol–water partition coefficient (Wildman–Crippen LogP) is 2.31. The van der Waals surface area contributed by atoms with E-state index >= 15 is 0 Å². The fourth-order valence-electron chi connectivity index (χ4n) is 3.24. The van der Waals surface area contributed by atoms with E-state index in [9.17, 15) is 4.79 Å². The maximum atomic E-state index is 12.3. The van der Waals surface area contributed by atoms with Crippen molar-refractivity contribution in [3.8, 4) is 0 Å². The van der Waals surface area contributed by atoms with Crippen LogP contribution >= 0.6 is 0 Å². The number of anilines is 1. The Bertz CT molecular complexity index is 719. The van der Waals surface area contributed by atoms with E-state index in [2.05, 4.69) is 15.4 Å². The molecule has 0 saturated heterocycles. The Balaban J connectivity index is 1.98. The lowest BCUT2D eigenvalue weighted by Crippen LogP contribution is -2.33. The molecule has 1 saturated carbocycles. The lowest BCUT2D eigenvalue weighted by atomic mass is 9.91. The zero-order valence-corrected chi connectivity index (χ0v) is 14.3. The van der Waals surface area contributed by atoms with E-state index < -0.39 is 0 Å². The van der Waals surface area contributed by atoms with Crippen molar-refractivity contribution in [3.05, 3.63) is 18.0 Å². The number of esters is 1. The van der Waals surface area contributed by atoms with Crippen LogP contribution < -0.4 is 11.1 Å². The number of nitrogens with two attached hydrogens (primary N) is 1. The van der Waals surface area contributed by atoms with Crippen molar-refractivity contribution in [3.63, 3.8) is 0 Å². The van der Waals surface area contributed by atoms with Gasteiger partial charge in [0.05, 0.1) is 23.9 Å². The number of ether oxygens (including phenoxy) is 1. The van der Waals surface area contributed by atoms with Crippen molar-refractivity contribution in [2.45, 2.75) is 58.2 Å². The first-order valence-corrected chi connectivity index (χ1v) is 8.67. The van der Waals surface area contributed by atoms with E-state index in [1.54, 1.807) is 19.3 Å². The van der Waals surface area contributed by atoms with E-state index in [1.807, 2.05) is 11.6 Å². The maximum absolute atomic E-state index is 12.3. The van der Waals surface area contributed by atoms with Crippen molar-refractivity contribution >= 4 is 22.7 Å². The van der Waals surface area contributed by atoms with Gasteiger partial charge in [-0.2, -0.15) is 5.10 Å². The Morgan fingerprint density at radius 1 is 1.33 bits per heavy atom. The zero-order chi connectivity index (χ0) is 17.1. The number of rotatable bonds is 5. The average molecular weight is 331 g/mol. The molecule has 7 nitrogen and oxygen atoms in total. The summed E-state index contributed by atoms with van der Waals surface area (Å²) in [6.45, 7) is 4.88. The minimum Gasteiger partial charge on any atom is -0.462 e. The first-order valence-electron chi connectivity index (χ1n) is 8.67. The van der Waals surface area contributed by atoms with Crippen LogP contribution in [0.1, 0.15) is 49.9 Å². The van der Waals surface area contributed by atoms with E-state index in [0.717, 1.165) is 48.9 Å². The van der Waals surface area contributed by atoms with E-state index in [0.29, 0.717) is 18.2 Å². The van der Waals surface area contributed by atoms with Crippen LogP contribution in [0.5, 0.6) is 0 Å². The van der Waals surface area contributed by atoms with Crippen molar-refractivity contribution in [2.75, 3.05) is 11.9 Å². The standard InChI is InChI=1S/C17H25N5O2/c1-3-22-16-13(10-20-22)15(14(9-19-16)17(23)24-4-2)21-12-7-5-11(18)6-8-12/h9-12H,3-8,18H2,1-2H3,(H,19,21). The normalized spacial score (nSPS) is 21.0. The van der Waals surface area contributed by atoms with Crippen LogP contribution in [-0.2, 0) is 11.3 Å². The molecule has 7 heteroatoms. The predicted molar refractivity (Wildman–Crippen MR) is 93.0 cm³/mol. The van der Waals surface area contributed by atoms with Gasteiger partial charge in [-0.3, -0.25) is 0 Å². The number of carbonyl (C=O) groups excluding carboxylic acids is 1. The highest BCUT2D eigenvalue weighted by Gasteiger charge is 2.24. The second-order valence-corrected chi connectivity index (χ2v) is 6.22. The smallest absolute Gasteiger partial charge is 0.341 e. The lowest BCUT2D eigenvalue weighted by Gasteiger charge is -2.28. The van der Waals surface area contributed by atoms with Gasteiger partial charge < -0.3 is 15.8 Å². The van der Waals surface area contributed by atoms with Gasteiger partial charge in [-0.25, -0.2) is 14.5 Å². The van der Waals surface area contributed by atoms with Gasteiger partial charge in [0, 0.05) is 24.8 Å². The third kappa shape index (κ3) is 3.21. The summed E-state index contributed by atoms with van der Waals surface area (Å²) in [5.74, 6) is -0.355. The highest BCUT2D eigenvalue weighted by atomic mass is 16.5. The van der Waals surface area contributed by atoms with Gasteiger partial charge in [0.1, 0.15) is 5.56 Å². The minimum absolute atomic E-state index is 0.285. The summed E-state index contributed by atoms with van der Waals surface area (Å²) in [6, 6.07) is 0.585. The first kappa shape index (κ1) is 16.7. The molecule has 0 atom stereocenters. The van der Waals surface area contributed by atoms with Crippen LogP contribution in [0.15, 0.2) is 12.4 Å².